The molecular weight excluding hydrogens is 294 g/mol. The predicted octanol–water partition coefficient (Wildman–Crippen LogP) is 3.89. The third-order valence-electron chi connectivity index (χ3n) is 5.32. The average Bonchev–Trinajstić information content (AvgIpc) is 2.87. The molecule has 1 aliphatic heterocycles. The molecule has 3 rings (SSSR count). The highest BCUT2D eigenvalue weighted by atomic mass is 32.2. The van der Waals surface area contributed by atoms with Crippen LogP contribution in [0.25, 0.3) is 0 Å². The highest BCUT2D eigenvalue weighted by Crippen LogP contribution is 2.47. The van der Waals surface area contributed by atoms with Crippen molar-refractivity contribution in [1.82, 2.24) is 4.31 Å². The number of aryl methyl sites for hydroxylation is 1. The maximum absolute atomic E-state index is 13.0. The lowest BCUT2D eigenvalue weighted by atomic mass is 9.73. The molecule has 22 heavy (non-hydrogen) atoms. The molecule has 1 heterocycles. The van der Waals surface area contributed by atoms with E-state index in [1.807, 2.05) is 25.1 Å². The van der Waals surface area contributed by atoms with Crippen molar-refractivity contribution >= 4 is 10.0 Å². The SMILES string of the molecule is C=CC1CC2(CCCCC2)CN1S(=O)(=O)c1ccc(C)cc1. The molecule has 2 fully saturated rings. The maximum Gasteiger partial charge on any atom is 0.243 e. The van der Waals surface area contributed by atoms with Crippen molar-refractivity contribution in [2.24, 2.45) is 5.41 Å². The Morgan fingerprint density at radius 3 is 2.41 bits per heavy atom. The fraction of sp³-hybridized carbons (Fsp3) is 0.556. The van der Waals surface area contributed by atoms with Crippen LogP contribution in [0.5, 0.6) is 0 Å². The van der Waals surface area contributed by atoms with Crippen LogP contribution in [0, 0.1) is 12.3 Å². The van der Waals surface area contributed by atoms with Crippen LogP contribution >= 0.6 is 0 Å². The summed E-state index contributed by atoms with van der Waals surface area (Å²) in [5.74, 6) is 0. The third-order valence-corrected chi connectivity index (χ3v) is 7.20. The van der Waals surface area contributed by atoms with Crippen molar-refractivity contribution < 1.29 is 8.42 Å². The van der Waals surface area contributed by atoms with Gasteiger partial charge in [0.2, 0.25) is 10.0 Å². The summed E-state index contributed by atoms with van der Waals surface area (Å²) in [5.41, 5.74) is 1.25. The van der Waals surface area contributed by atoms with Gasteiger partial charge in [-0.15, -0.1) is 6.58 Å². The van der Waals surface area contributed by atoms with Crippen molar-refractivity contribution in [3.05, 3.63) is 42.5 Å². The largest absolute Gasteiger partial charge is 0.243 e. The van der Waals surface area contributed by atoms with Crippen LogP contribution in [0.2, 0.25) is 0 Å². The lowest BCUT2D eigenvalue weighted by molar-refractivity contribution is 0.205. The summed E-state index contributed by atoms with van der Waals surface area (Å²) in [5, 5.41) is 0. The number of hydrogen-bond donors (Lipinski definition) is 0. The molecule has 1 saturated carbocycles. The lowest BCUT2D eigenvalue weighted by Crippen LogP contribution is -2.36. The smallest absolute Gasteiger partial charge is 0.207 e. The van der Waals surface area contributed by atoms with Gasteiger partial charge in [0.25, 0.3) is 0 Å². The van der Waals surface area contributed by atoms with E-state index in [-0.39, 0.29) is 11.5 Å². The molecule has 1 spiro atoms. The van der Waals surface area contributed by atoms with Crippen molar-refractivity contribution in [1.29, 1.82) is 0 Å². The minimum atomic E-state index is -3.43. The zero-order chi connectivity index (χ0) is 15.8. The summed E-state index contributed by atoms with van der Waals surface area (Å²) in [6.45, 7) is 6.51. The van der Waals surface area contributed by atoms with Crippen LogP contribution in [-0.4, -0.2) is 25.3 Å². The van der Waals surface area contributed by atoms with E-state index in [4.69, 9.17) is 0 Å². The summed E-state index contributed by atoms with van der Waals surface area (Å²) < 4.78 is 27.7. The Bertz CT molecular complexity index is 642. The third kappa shape index (κ3) is 2.74. The number of hydrogen-bond acceptors (Lipinski definition) is 2. The minimum Gasteiger partial charge on any atom is -0.207 e. The van der Waals surface area contributed by atoms with E-state index in [1.54, 1.807) is 16.4 Å². The molecule has 1 aliphatic carbocycles. The van der Waals surface area contributed by atoms with Gasteiger partial charge in [-0.1, -0.05) is 43.0 Å². The van der Waals surface area contributed by atoms with E-state index in [9.17, 15) is 8.42 Å². The lowest BCUT2D eigenvalue weighted by Gasteiger charge is -2.33. The predicted molar refractivity (Wildman–Crippen MR) is 89.2 cm³/mol. The minimum absolute atomic E-state index is 0.0654. The van der Waals surface area contributed by atoms with E-state index in [0.29, 0.717) is 11.4 Å². The van der Waals surface area contributed by atoms with Crippen molar-refractivity contribution in [2.45, 2.75) is 56.4 Å². The first-order valence-corrected chi connectivity index (χ1v) is 9.62. The van der Waals surface area contributed by atoms with Gasteiger partial charge in [0.1, 0.15) is 0 Å². The first kappa shape index (κ1) is 15.8. The second-order valence-corrected chi connectivity index (χ2v) is 8.82. The van der Waals surface area contributed by atoms with Crippen LogP contribution in [0.15, 0.2) is 41.8 Å². The topological polar surface area (TPSA) is 37.4 Å². The summed E-state index contributed by atoms with van der Waals surface area (Å²) in [6, 6.07) is 7.10. The fourth-order valence-corrected chi connectivity index (χ4v) is 5.74. The van der Waals surface area contributed by atoms with Crippen LogP contribution < -0.4 is 0 Å². The van der Waals surface area contributed by atoms with Gasteiger partial charge in [0.15, 0.2) is 0 Å². The normalized spacial score (nSPS) is 25.4. The van der Waals surface area contributed by atoms with Crippen molar-refractivity contribution in [3.8, 4) is 0 Å². The number of benzene rings is 1. The van der Waals surface area contributed by atoms with Gasteiger partial charge < -0.3 is 0 Å². The molecule has 0 N–H and O–H groups in total. The van der Waals surface area contributed by atoms with Gasteiger partial charge in [0.05, 0.1) is 4.90 Å². The fourth-order valence-electron chi connectivity index (χ4n) is 4.03. The molecule has 4 heteroatoms. The van der Waals surface area contributed by atoms with Gasteiger partial charge in [-0.05, 0) is 43.7 Å². The summed E-state index contributed by atoms with van der Waals surface area (Å²) in [4.78, 5) is 0.401. The zero-order valence-electron chi connectivity index (χ0n) is 13.3. The average molecular weight is 319 g/mol. The summed E-state index contributed by atoms with van der Waals surface area (Å²) in [7, 11) is -3.43. The van der Waals surface area contributed by atoms with Gasteiger partial charge in [-0.2, -0.15) is 4.31 Å². The van der Waals surface area contributed by atoms with Crippen molar-refractivity contribution in [2.75, 3.05) is 6.54 Å². The Labute approximate surface area is 134 Å². The second-order valence-electron chi connectivity index (χ2n) is 6.93. The molecule has 1 saturated heterocycles. The number of nitrogens with zero attached hydrogens (tertiary/aromatic N) is 1. The molecule has 2 aliphatic rings. The van der Waals surface area contributed by atoms with Crippen molar-refractivity contribution in [3.63, 3.8) is 0 Å². The number of rotatable bonds is 3. The van der Waals surface area contributed by atoms with Crippen LogP contribution in [0.1, 0.15) is 44.1 Å². The standard InChI is InChI=1S/C18H25NO2S/c1-3-16-13-18(11-5-4-6-12-18)14-19(16)22(20,21)17-9-7-15(2)8-10-17/h3,7-10,16H,1,4-6,11-14H2,2H3. The first-order valence-electron chi connectivity index (χ1n) is 8.18. The highest BCUT2D eigenvalue weighted by Gasteiger charge is 2.47. The molecule has 0 aromatic heterocycles. The Hall–Kier alpha value is -1.13. The molecule has 120 valence electrons. The highest BCUT2D eigenvalue weighted by molar-refractivity contribution is 7.89. The Morgan fingerprint density at radius 2 is 1.82 bits per heavy atom. The van der Waals surface area contributed by atoms with E-state index in [0.717, 1.165) is 24.8 Å². The Kier molecular flexibility index (Phi) is 4.17. The summed E-state index contributed by atoms with van der Waals surface area (Å²) >= 11 is 0. The van der Waals surface area contributed by atoms with E-state index >= 15 is 0 Å². The molecule has 0 radical (unpaired) electrons. The second kappa shape index (κ2) is 5.82. The zero-order valence-corrected chi connectivity index (χ0v) is 14.1. The molecule has 0 bridgehead atoms. The first-order chi connectivity index (χ1) is 10.5. The molecule has 1 unspecified atom stereocenters. The Balaban J connectivity index is 1.91. The van der Waals surface area contributed by atoms with E-state index in [1.165, 1.54) is 19.3 Å². The Morgan fingerprint density at radius 1 is 1.18 bits per heavy atom. The maximum atomic E-state index is 13.0. The van der Waals surface area contributed by atoms with Crippen LogP contribution in [-0.2, 0) is 10.0 Å². The van der Waals surface area contributed by atoms with Gasteiger partial charge >= 0.3 is 0 Å². The molecule has 1 atom stereocenters. The quantitative estimate of drug-likeness (QED) is 0.793. The monoisotopic (exact) mass is 319 g/mol. The van der Waals surface area contributed by atoms with Gasteiger partial charge in [-0.3, -0.25) is 0 Å². The molecule has 1 aromatic rings. The molecule has 3 nitrogen and oxygen atoms in total. The summed E-state index contributed by atoms with van der Waals surface area (Å²) in [6.07, 6.45) is 8.78. The van der Waals surface area contributed by atoms with Crippen LogP contribution in [0.4, 0.5) is 0 Å². The molecular formula is C18H25NO2S. The van der Waals surface area contributed by atoms with E-state index in [2.05, 4.69) is 6.58 Å². The van der Waals surface area contributed by atoms with Gasteiger partial charge in [-0.25, -0.2) is 8.42 Å². The van der Waals surface area contributed by atoms with Crippen LogP contribution in [0.3, 0.4) is 0 Å². The van der Waals surface area contributed by atoms with E-state index < -0.39 is 10.0 Å². The number of sulfonamides is 1. The molecule has 0 amide bonds. The molecule has 1 aromatic carbocycles. The van der Waals surface area contributed by atoms with Gasteiger partial charge in [0, 0.05) is 12.6 Å².